The van der Waals surface area contributed by atoms with Crippen LogP contribution >= 0.6 is 24.0 Å². The minimum atomic E-state index is -0.901. The van der Waals surface area contributed by atoms with Gasteiger partial charge in [-0.25, -0.2) is 0 Å². The molecule has 1 aromatic heterocycles. The summed E-state index contributed by atoms with van der Waals surface area (Å²) < 4.78 is 0. The zero-order valence-electron chi connectivity index (χ0n) is 23.6. The number of unbranched alkanes of at least 4 members (excludes halogenated alkanes) is 1. The van der Waals surface area contributed by atoms with E-state index < -0.39 is 17.7 Å². The third kappa shape index (κ3) is 5.78. The fourth-order valence-electron chi connectivity index (χ4n) is 7.03. The Hall–Kier alpha value is -2.13. The maximum atomic E-state index is 14.0. The molecule has 1 saturated carbocycles. The van der Waals surface area contributed by atoms with Crippen molar-refractivity contribution in [1.29, 1.82) is 0 Å². The van der Waals surface area contributed by atoms with E-state index in [2.05, 4.69) is 39.5 Å². The number of halogens is 2. The quantitative estimate of drug-likeness (QED) is 0.410. The van der Waals surface area contributed by atoms with Gasteiger partial charge in [0.1, 0.15) is 11.6 Å². The molecule has 40 heavy (non-hydrogen) atoms. The maximum absolute atomic E-state index is 14.0. The first kappa shape index (κ1) is 30.8. The summed E-state index contributed by atoms with van der Waals surface area (Å²) in [5.41, 5.74) is 2.08. The van der Waals surface area contributed by atoms with Crippen molar-refractivity contribution in [2.24, 2.45) is 5.92 Å². The first-order valence-electron chi connectivity index (χ1n) is 14.7. The van der Waals surface area contributed by atoms with Crippen LogP contribution in [-0.4, -0.2) is 74.2 Å². The van der Waals surface area contributed by atoms with Crippen LogP contribution < -0.4 is 5.32 Å². The molecule has 1 aromatic carbocycles. The minimum Gasteiger partial charge on any atom is -0.390 e. The van der Waals surface area contributed by atoms with Crippen LogP contribution in [0.1, 0.15) is 87.6 Å². The smallest absolute Gasteiger partial charge is 0.248 e. The molecule has 0 bridgehead atoms. The Morgan fingerprint density at radius 3 is 2.40 bits per heavy atom. The largest absolute Gasteiger partial charge is 0.390 e. The normalized spacial score (nSPS) is 23.5. The number of aliphatic hydroxyl groups is 1. The number of rotatable bonds is 8. The number of aromatic amines is 1. The molecule has 5 rings (SSSR count). The van der Waals surface area contributed by atoms with Gasteiger partial charge < -0.3 is 15.3 Å². The lowest BCUT2D eigenvalue weighted by Crippen LogP contribution is -2.75. The molecule has 0 radical (unpaired) electrons. The molecule has 10 heteroatoms. The van der Waals surface area contributed by atoms with E-state index in [1.807, 2.05) is 30.0 Å². The SMILES string of the molecule is CCCCN1C(=O)[C@@H]([C@H](O)C2CCCCC2)NC(=O)C12CCN(C(c1ccccc1)c1c(Cl)n[nH]c1C)CC2.Cl. The predicted octanol–water partition coefficient (Wildman–Crippen LogP) is 4.79. The number of likely N-dealkylation sites (tertiary alicyclic amines) is 1. The van der Waals surface area contributed by atoms with Gasteiger partial charge in [-0.05, 0) is 50.5 Å². The van der Waals surface area contributed by atoms with Gasteiger partial charge in [0.2, 0.25) is 11.8 Å². The summed E-state index contributed by atoms with van der Waals surface area (Å²) in [4.78, 5) is 32.0. The average Bonchev–Trinajstić information content (AvgIpc) is 3.30. The van der Waals surface area contributed by atoms with Crippen LogP contribution in [0.2, 0.25) is 5.15 Å². The number of piperidine rings is 1. The standard InChI is InChI=1S/C30H42ClN5O3.ClH/c1-3-4-17-36-28(38)24(26(37)22-13-9-6-10-14-22)32-29(39)30(36)15-18-35(19-16-30)25(21-11-7-5-8-12-21)23-20(2)33-34-27(23)31;/h5,7-8,11-12,22,24-26,37H,3-4,6,9-10,13-19H2,1-2H3,(H,32,39)(H,33,34);1H/t24-,25?,26-;/m1./s1. The zero-order valence-corrected chi connectivity index (χ0v) is 25.1. The number of hydrogen-bond acceptors (Lipinski definition) is 5. The van der Waals surface area contributed by atoms with Crippen molar-refractivity contribution >= 4 is 35.8 Å². The van der Waals surface area contributed by atoms with Gasteiger partial charge in [0.05, 0.1) is 12.1 Å². The number of nitrogens with zero attached hydrogens (tertiary/aromatic N) is 3. The second kappa shape index (κ2) is 13.2. The van der Waals surface area contributed by atoms with Gasteiger partial charge in [-0.3, -0.25) is 19.6 Å². The predicted molar refractivity (Wildman–Crippen MR) is 159 cm³/mol. The Bertz CT molecular complexity index is 1130. The minimum absolute atomic E-state index is 0. The van der Waals surface area contributed by atoms with Crippen molar-refractivity contribution in [3.05, 3.63) is 52.3 Å². The number of hydrogen-bond donors (Lipinski definition) is 3. The van der Waals surface area contributed by atoms with Crippen LogP contribution in [0.3, 0.4) is 0 Å². The molecule has 2 aromatic rings. The topological polar surface area (TPSA) is 102 Å². The molecule has 1 aliphatic carbocycles. The number of piperazine rings is 1. The molecule has 220 valence electrons. The molecule has 3 atom stereocenters. The number of carbonyl (C=O) groups excluding carboxylic acids is 2. The fraction of sp³-hybridized carbons (Fsp3) is 0.633. The number of H-pyrrole nitrogens is 1. The number of carbonyl (C=O) groups is 2. The molecule has 3 N–H and O–H groups in total. The van der Waals surface area contributed by atoms with Crippen molar-refractivity contribution in [3.63, 3.8) is 0 Å². The highest BCUT2D eigenvalue weighted by molar-refractivity contribution is 6.30. The van der Waals surface area contributed by atoms with Crippen LogP contribution in [0, 0.1) is 12.8 Å². The monoisotopic (exact) mass is 591 g/mol. The van der Waals surface area contributed by atoms with E-state index in [1.165, 1.54) is 6.42 Å². The van der Waals surface area contributed by atoms with Gasteiger partial charge in [0.25, 0.3) is 0 Å². The molecule has 8 nitrogen and oxygen atoms in total. The Kier molecular flexibility index (Phi) is 10.2. The van der Waals surface area contributed by atoms with Crippen LogP contribution in [-0.2, 0) is 9.59 Å². The first-order valence-corrected chi connectivity index (χ1v) is 15.0. The van der Waals surface area contributed by atoms with E-state index in [0.717, 1.165) is 55.3 Å². The molecule has 2 amide bonds. The Morgan fingerprint density at radius 2 is 1.80 bits per heavy atom. The third-order valence-electron chi connectivity index (χ3n) is 9.29. The molecule has 1 unspecified atom stereocenters. The van der Waals surface area contributed by atoms with Crippen LogP contribution in [0.4, 0.5) is 0 Å². The van der Waals surface area contributed by atoms with Crippen LogP contribution in [0.25, 0.3) is 0 Å². The molecule has 3 heterocycles. The Balaban J connectivity index is 0.00000370. The van der Waals surface area contributed by atoms with Crippen molar-refractivity contribution in [1.82, 2.24) is 25.3 Å². The average molecular weight is 593 g/mol. The van der Waals surface area contributed by atoms with Gasteiger partial charge in [-0.2, -0.15) is 5.10 Å². The number of amides is 2. The highest BCUT2D eigenvalue weighted by atomic mass is 35.5. The molecular weight excluding hydrogens is 549 g/mol. The third-order valence-corrected chi connectivity index (χ3v) is 9.58. The highest BCUT2D eigenvalue weighted by Crippen LogP contribution is 2.41. The van der Waals surface area contributed by atoms with Gasteiger partial charge >= 0.3 is 0 Å². The summed E-state index contributed by atoms with van der Waals surface area (Å²) in [6.45, 7) is 5.86. The first-order chi connectivity index (χ1) is 18.9. The second-order valence-corrected chi connectivity index (χ2v) is 12.0. The van der Waals surface area contributed by atoms with Crippen molar-refractivity contribution < 1.29 is 14.7 Å². The lowest BCUT2D eigenvalue weighted by atomic mass is 9.77. The highest BCUT2D eigenvalue weighted by Gasteiger charge is 2.55. The van der Waals surface area contributed by atoms with E-state index in [9.17, 15) is 14.7 Å². The van der Waals surface area contributed by atoms with Crippen LogP contribution in [0.15, 0.2) is 30.3 Å². The molecule has 3 fully saturated rings. The second-order valence-electron chi connectivity index (χ2n) is 11.6. The van der Waals surface area contributed by atoms with Gasteiger partial charge in [-0.1, -0.05) is 74.5 Å². The summed E-state index contributed by atoms with van der Waals surface area (Å²) in [5, 5.41) is 22.0. The number of aromatic nitrogens is 2. The van der Waals surface area contributed by atoms with Gasteiger partial charge in [-0.15, -0.1) is 12.4 Å². The Labute approximate surface area is 248 Å². The van der Waals surface area contributed by atoms with Crippen molar-refractivity contribution in [3.8, 4) is 0 Å². The number of nitrogens with one attached hydrogen (secondary N) is 2. The summed E-state index contributed by atoms with van der Waals surface area (Å²) in [6.07, 6.45) is 7.10. The Morgan fingerprint density at radius 1 is 1.12 bits per heavy atom. The molecule has 1 spiro atoms. The van der Waals surface area contributed by atoms with Crippen molar-refractivity contribution in [2.75, 3.05) is 19.6 Å². The van der Waals surface area contributed by atoms with Gasteiger partial charge in [0.15, 0.2) is 5.15 Å². The molecule has 2 saturated heterocycles. The lowest BCUT2D eigenvalue weighted by molar-refractivity contribution is -0.166. The molecular formula is C30H43Cl2N5O3. The van der Waals surface area contributed by atoms with E-state index in [0.29, 0.717) is 37.6 Å². The summed E-state index contributed by atoms with van der Waals surface area (Å²) in [5.74, 6) is -0.180. The van der Waals surface area contributed by atoms with E-state index in [4.69, 9.17) is 11.6 Å². The van der Waals surface area contributed by atoms with E-state index in [1.54, 1.807) is 0 Å². The van der Waals surface area contributed by atoms with Crippen LogP contribution in [0.5, 0.6) is 0 Å². The number of benzene rings is 1. The number of aliphatic hydroxyl groups excluding tert-OH is 1. The van der Waals surface area contributed by atoms with E-state index >= 15 is 0 Å². The number of aryl methyl sites for hydroxylation is 1. The zero-order chi connectivity index (χ0) is 27.6. The summed E-state index contributed by atoms with van der Waals surface area (Å²) in [7, 11) is 0. The fourth-order valence-corrected chi connectivity index (χ4v) is 7.32. The van der Waals surface area contributed by atoms with E-state index in [-0.39, 0.29) is 36.2 Å². The summed E-state index contributed by atoms with van der Waals surface area (Å²) >= 11 is 6.57. The maximum Gasteiger partial charge on any atom is 0.248 e. The molecule has 3 aliphatic rings. The molecule has 2 aliphatic heterocycles. The summed E-state index contributed by atoms with van der Waals surface area (Å²) in [6, 6.07) is 9.27. The van der Waals surface area contributed by atoms with Gasteiger partial charge in [0, 0.05) is 30.9 Å². The lowest BCUT2D eigenvalue weighted by Gasteiger charge is -2.53. The van der Waals surface area contributed by atoms with Crippen molar-refractivity contribution in [2.45, 2.75) is 95.4 Å².